The maximum absolute atomic E-state index is 12.9. The lowest BCUT2D eigenvalue weighted by molar-refractivity contribution is -0.281. The number of carbonyl (C=O) groups is 2. The third-order valence-corrected chi connectivity index (χ3v) is 8.08. The van der Waals surface area contributed by atoms with Gasteiger partial charge in [-0.05, 0) is 71.8 Å². The van der Waals surface area contributed by atoms with Gasteiger partial charge in [-0.3, -0.25) is 4.79 Å². The number of hydrogen-bond acceptors (Lipinski definition) is 14. The van der Waals surface area contributed by atoms with Crippen LogP contribution in [-0.4, -0.2) is 79.9 Å². The number of ether oxygens (including phenoxy) is 4. The average molecular weight is 725 g/mol. The van der Waals surface area contributed by atoms with Gasteiger partial charge in [0.05, 0.1) is 0 Å². The number of fused-ring (bicyclic) bond motifs is 1. The van der Waals surface area contributed by atoms with Crippen LogP contribution in [0.15, 0.2) is 112 Å². The van der Waals surface area contributed by atoms with Crippen molar-refractivity contribution < 1.29 is 63.6 Å². The Morgan fingerprint density at radius 2 is 1.28 bits per heavy atom. The molecular formula is C39H32O14. The Morgan fingerprint density at radius 3 is 1.89 bits per heavy atom. The van der Waals surface area contributed by atoms with E-state index in [1.807, 2.05) is 0 Å². The molecule has 14 nitrogen and oxygen atoms in total. The Balaban J connectivity index is 1.23. The van der Waals surface area contributed by atoms with E-state index >= 15 is 0 Å². The molecule has 1 aromatic heterocycles. The van der Waals surface area contributed by atoms with Crippen molar-refractivity contribution in [3.8, 4) is 40.1 Å². The van der Waals surface area contributed by atoms with E-state index in [9.17, 15) is 45.0 Å². The van der Waals surface area contributed by atoms with Crippen molar-refractivity contribution in [3.63, 3.8) is 0 Å². The molecule has 6 N–H and O–H groups in total. The summed E-state index contributed by atoms with van der Waals surface area (Å²) in [7, 11) is 0. The van der Waals surface area contributed by atoms with E-state index in [0.717, 1.165) is 18.2 Å². The largest absolute Gasteiger partial charge is 0.508 e. The minimum atomic E-state index is -1.86. The molecule has 14 heteroatoms. The van der Waals surface area contributed by atoms with Gasteiger partial charge in [-0.1, -0.05) is 24.3 Å². The number of aliphatic hydroxyl groups is 2. The maximum Gasteiger partial charge on any atom is 0.331 e. The highest BCUT2D eigenvalue weighted by Gasteiger charge is 2.48. The monoisotopic (exact) mass is 724 g/mol. The van der Waals surface area contributed by atoms with E-state index < -0.39 is 60.4 Å². The summed E-state index contributed by atoms with van der Waals surface area (Å²) in [6, 6.07) is 21.3. The van der Waals surface area contributed by atoms with Gasteiger partial charge in [0.15, 0.2) is 11.5 Å². The molecule has 0 radical (unpaired) electrons. The first-order valence-electron chi connectivity index (χ1n) is 16.0. The summed E-state index contributed by atoms with van der Waals surface area (Å²) in [4.78, 5) is 38.4. The fraction of sp³-hybridized carbons (Fsp3) is 0.154. The first kappa shape index (κ1) is 36.2. The van der Waals surface area contributed by atoms with Crippen LogP contribution in [0, 0.1) is 0 Å². The van der Waals surface area contributed by atoms with Crippen molar-refractivity contribution >= 4 is 35.1 Å². The van der Waals surface area contributed by atoms with E-state index in [1.54, 1.807) is 24.3 Å². The standard InChI is InChI=1S/C39H32O14/c40-24-9-1-21(2-10-24)5-15-33(45)49-20-32-38(53-34(46)16-6-22-3-11-25(41)12-4-22)36(47)37(48)39(52-32)50-27-17-28(43)35-29(44)19-30(51-31(35)18-27)23-7-13-26(42)14-8-23/h1-19,32,36-43,47-48H,20H2/b15-5-,16-6+/t32-,36+,37-,38-,39-/m1/s1. The van der Waals surface area contributed by atoms with Crippen molar-refractivity contribution in [1.82, 2.24) is 0 Å². The predicted molar refractivity (Wildman–Crippen MR) is 188 cm³/mol. The lowest BCUT2D eigenvalue weighted by Crippen LogP contribution is -2.61. The molecule has 0 saturated carbocycles. The second-order valence-corrected chi connectivity index (χ2v) is 11.9. The maximum atomic E-state index is 12.9. The summed E-state index contributed by atoms with van der Waals surface area (Å²) in [5.41, 5.74) is 0.908. The van der Waals surface area contributed by atoms with Crippen LogP contribution in [0.5, 0.6) is 28.7 Å². The number of phenolic OH excluding ortho intramolecular Hbond substituents is 4. The van der Waals surface area contributed by atoms with Crippen molar-refractivity contribution in [1.29, 1.82) is 0 Å². The molecule has 0 spiro atoms. The van der Waals surface area contributed by atoms with E-state index in [0.29, 0.717) is 16.7 Å². The minimum absolute atomic E-state index is 0.000360. The predicted octanol–water partition coefficient (Wildman–Crippen LogP) is 3.99. The molecule has 2 heterocycles. The van der Waals surface area contributed by atoms with Crippen molar-refractivity contribution in [2.24, 2.45) is 0 Å². The fourth-order valence-electron chi connectivity index (χ4n) is 5.38. The number of phenols is 4. The van der Waals surface area contributed by atoms with Gasteiger partial charge >= 0.3 is 11.9 Å². The lowest BCUT2D eigenvalue weighted by Gasteiger charge is -2.41. The zero-order valence-electron chi connectivity index (χ0n) is 27.5. The molecule has 5 atom stereocenters. The number of benzene rings is 4. The Hall–Kier alpha value is -6.61. The third-order valence-electron chi connectivity index (χ3n) is 8.08. The van der Waals surface area contributed by atoms with Gasteiger partial charge in [0.1, 0.15) is 70.4 Å². The Labute approximate surface area is 300 Å². The summed E-state index contributed by atoms with van der Waals surface area (Å²) in [5.74, 6) is -2.28. The Bertz CT molecular complexity index is 2210. The number of esters is 2. The summed E-state index contributed by atoms with van der Waals surface area (Å²) >= 11 is 0. The van der Waals surface area contributed by atoms with E-state index in [1.165, 1.54) is 72.8 Å². The second-order valence-electron chi connectivity index (χ2n) is 11.9. The second kappa shape index (κ2) is 15.7. The molecule has 6 rings (SSSR count). The van der Waals surface area contributed by atoms with Crippen LogP contribution in [0.2, 0.25) is 0 Å². The average Bonchev–Trinajstić information content (AvgIpc) is 3.13. The number of carbonyl (C=O) groups excluding carboxylic acids is 2. The molecule has 1 aliphatic heterocycles. The molecule has 5 aromatic rings. The summed E-state index contributed by atoms with van der Waals surface area (Å²) in [6.07, 6.45) is -3.39. The summed E-state index contributed by atoms with van der Waals surface area (Å²) in [5, 5.41) is 61.4. The first-order chi connectivity index (χ1) is 25.4. The van der Waals surface area contributed by atoms with Crippen molar-refractivity contribution in [2.45, 2.75) is 30.7 Å². The quantitative estimate of drug-likeness (QED) is 0.0886. The van der Waals surface area contributed by atoms with Crippen LogP contribution in [0.1, 0.15) is 11.1 Å². The summed E-state index contributed by atoms with van der Waals surface area (Å²) < 4.78 is 28.3. The minimum Gasteiger partial charge on any atom is -0.508 e. The van der Waals surface area contributed by atoms with Crippen molar-refractivity contribution in [3.05, 3.63) is 124 Å². The van der Waals surface area contributed by atoms with Crippen LogP contribution in [0.4, 0.5) is 0 Å². The highest BCUT2D eigenvalue weighted by molar-refractivity contribution is 5.88. The Kier molecular flexibility index (Phi) is 10.7. The normalized spacial score (nSPS) is 20.1. The van der Waals surface area contributed by atoms with Gasteiger partial charge in [0, 0.05) is 35.9 Å². The highest BCUT2D eigenvalue weighted by atomic mass is 16.7. The molecule has 1 saturated heterocycles. The number of aliphatic hydroxyl groups excluding tert-OH is 2. The zero-order chi connectivity index (χ0) is 37.6. The molecule has 1 fully saturated rings. The van der Waals surface area contributed by atoms with Crippen LogP contribution in [-0.2, 0) is 23.8 Å². The van der Waals surface area contributed by atoms with Gasteiger partial charge in [-0.25, -0.2) is 9.59 Å². The van der Waals surface area contributed by atoms with Gasteiger partial charge in [0.25, 0.3) is 0 Å². The molecule has 0 amide bonds. The van der Waals surface area contributed by atoms with Gasteiger partial charge in [-0.15, -0.1) is 0 Å². The van der Waals surface area contributed by atoms with Crippen LogP contribution in [0.25, 0.3) is 34.4 Å². The number of aromatic hydroxyl groups is 4. The van der Waals surface area contributed by atoms with Gasteiger partial charge in [0.2, 0.25) is 6.29 Å². The van der Waals surface area contributed by atoms with Gasteiger partial charge in [-0.2, -0.15) is 0 Å². The van der Waals surface area contributed by atoms with E-state index in [-0.39, 0.29) is 39.7 Å². The fourth-order valence-corrected chi connectivity index (χ4v) is 5.38. The third kappa shape index (κ3) is 8.83. The SMILES string of the molecule is O=C(/C=C\c1ccc(O)cc1)OC[C@H]1O[C@@H](Oc2cc(O)c3c(=O)cc(-c4ccc(O)cc4)oc3c2)[C@H](O)[C@H](O)[C@@H]1OC(=O)/C=C/c1ccc(O)cc1. The lowest BCUT2D eigenvalue weighted by atomic mass is 9.99. The number of hydrogen-bond donors (Lipinski definition) is 6. The molecule has 0 aliphatic carbocycles. The molecule has 0 unspecified atom stereocenters. The first-order valence-corrected chi connectivity index (χ1v) is 16.0. The van der Waals surface area contributed by atoms with E-state index in [4.69, 9.17) is 23.4 Å². The molecule has 1 aliphatic rings. The topological polar surface area (TPSA) is 223 Å². The van der Waals surface area contributed by atoms with Gasteiger partial charge < -0.3 is 54.0 Å². The molecule has 53 heavy (non-hydrogen) atoms. The summed E-state index contributed by atoms with van der Waals surface area (Å²) in [6.45, 7) is -0.587. The van der Waals surface area contributed by atoms with Crippen LogP contribution in [0.3, 0.4) is 0 Å². The zero-order valence-corrected chi connectivity index (χ0v) is 27.5. The molecule has 272 valence electrons. The molecule has 0 bridgehead atoms. The van der Waals surface area contributed by atoms with E-state index in [2.05, 4.69) is 0 Å². The van der Waals surface area contributed by atoms with Crippen LogP contribution < -0.4 is 10.2 Å². The van der Waals surface area contributed by atoms with Crippen LogP contribution >= 0.6 is 0 Å². The highest BCUT2D eigenvalue weighted by Crippen LogP contribution is 2.34. The molecular weight excluding hydrogens is 692 g/mol. The smallest absolute Gasteiger partial charge is 0.331 e. The number of rotatable bonds is 10. The molecule has 4 aromatic carbocycles. The van der Waals surface area contributed by atoms with Crippen molar-refractivity contribution in [2.75, 3.05) is 6.61 Å². The Morgan fingerprint density at radius 1 is 0.717 bits per heavy atom.